The van der Waals surface area contributed by atoms with E-state index in [1.807, 2.05) is 19.2 Å². The van der Waals surface area contributed by atoms with E-state index < -0.39 is 0 Å². The fourth-order valence-electron chi connectivity index (χ4n) is 2.04. The zero-order valence-corrected chi connectivity index (χ0v) is 12.6. The van der Waals surface area contributed by atoms with Crippen molar-refractivity contribution in [3.8, 4) is 0 Å². The highest BCUT2D eigenvalue weighted by Gasteiger charge is 2.18. The zero-order valence-electron chi connectivity index (χ0n) is 12.6. The average Bonchev–Trinajstić information content (AvgIpc) is 2.26. The summed E-state index contributed by atoms with van der Waals surface area (Å²) in [6.07, 6.45) is 0. The number of rotatable bonds is 4. The predicted octanol–water partition coefficient (Wildman–Crippen LogP) is 2.21. The Morgan fingerprint density at radius 1 is 1.16 bits per heavy atom. The van der Waals surface area contributed by atoms with Crippen molar-refractivity contribution < 1.29 is 4.79 Å². The molecule has 0 heterocycles. The fraction of sp³-hybridized carbons (Fsp3) is 0.533. The molecule has 0 aliphatic carbocycles. The van der Waals surface area contributed by atoms with Crippen molar-refractivity contribution in [1.82, 2.24) is 4.90 Å². The molecule has 0 unspecified atom stereocenters. The van der Waals surface area contributed by atoms with Gasteiger partial charge in [-0.2, -0.15) is 0 Å². The second-order valence-corrected chi connectivity index (χ2v) is 6.28. The number of amides is 1. The maximum absolute atomic E-state index is 12.2. The molecule has 0 atom stereocenters. The molecule has 0 saturated carbocycles. The lowest BCUT2D eigenvalue weighted by atomic mass is 9.96. The van der Waals surface area contributed by atoms with E-state index in [2.05, 4.69) is 25.7 Å². The van der Waals surface area contributed by atoms with Gasteiger partial charge >= 0.3 is 0 Å². The van der Waals surface area contributed by atoms with E-state index in [4.69, 9.17) is 5.73 Å². The summed E-state index contributed by atoms with van der Waals surface area (Å²) in [5, 5.41) is 0. The normalized spacial score (nSPS) is 11.7. The van der Waals surface area contributed by atoms with Crippen LogP contribution in [-0.4, -0.2) is 38.0 Å². The first-order valence-corrected chi connectivity index (χ1v) is 6.50. The van der Waals surface area contributed by atoms with E-state index in [-0.39, 0.29) is 11.3 Å². The fourth-order valence-corrected chi connectivity index (χ4v) is 2.04. The van der Waals surface area contributed by atoms with Gasteiger partial charge < -0.3 is 10.6 Å². The third-order valence-corrected chi connectivity index (χ3v) is 2.80. The Kier molecular flexibility index (Phi) is 4.95. The molecule has 0 bridgehead atoms. The van der Waals surface area contributed by atoms with E-state index in [1.54, 1.807) is 24.1 Å². The van der Waals surface area contributed by atoms with E-state index in [1.165, 1.54) is 0 Å². The van der Waals surface area contributed by atoms with Crippen LogP contribution in [0.5, 0.6) is 0 Å². The van der Waals surface area contributed by atoms with Crippen LogP contribution in [0.4, 0.5) is 11.4 Å². The third kappa shape index (κ3) is 5.30. The molecule has 0 aliphatic heterocycles. The molecule has 4 heteroatoms. The summed E-state index contributed by atoms with van der Waals surface area (Å²) >= 11 is 0. The third-order valence-electron chi connectivity index (χ3n) is 2.80. The molecule has 1 amide bonds. The molecule has 1 rings (SSSR count). The van der Waals surface area contributed by atoms with Crippen molar-refractivity contribution in [2.75, 3.05) is 37.8 Å². The molecule has 0 aliphatic rings. The van der Waals surface area contributed by atoms with Gasteiger partial charge in [0.2, 0.25) is 5.91 Å². The maximum atomic E-state index is 12.2. The van der Waals surface area contributed by atoms with Gasteiger partial charge in [-0.05, 0) is 36.7 Å². The van der Waals surface area contributed by atoms with Crippen molar-refractivity contribution in [3.63, 3.8) is 0 Å². The van der Waals surface area contributed by atoms with Gasteiger partial charge in [0.15, 0.2) is 0 Å². The van der Waals surface area contributed by atoms with Crippen LogP contribution in [0, 0.1) is 5.41 Å². The maximum Gasteiger partial charge on any atom is 0.240 e. The molecule has 2 N–H and O–H groups in total. The quantitative estimate of drug-likeness (QED) is 0.847. The first-order valence-electron chi connectivity index (χ1n) is 6.50. The number of nitrogens with two attached hydrogens (primary N) is 1. The summed E-state index contributed by atoms with van der Waals surface area (Å²) in [6, 6.07) is 7.32. The molecule has 1 aromatic carbocycles. The average molecular weight is 263 g/mol. The second kappa shape index (κ2) is 6.06. The predicted molar refractivity (Wildman–Crippen MR) is 81.2 cm³/mol. The van der Waals surface area contributed by atoms with Crippen molar-refractivity contribution in [1.29, 1.82) is 0 Å². The minimum atomic E-state index is 0.0801. The van der Waals surface area contributed by atoms with E-state index in [0.717, 1.165) is 12.2 Å². The lowest BCUT2D eigenvalue weighted by Crippen LogP contribution is -2.39. The minimum absolute atomic E-state index is 0.0801. The Labute approximate surface area is 116 Å². The summed E-state index contributed by atoms with van der Waals surface area (Å²) in [4.78, 5) is 15.9. The Morgan fingerprint density at radius 2 is 1.68 bits per heavy atom. The van der Waals surface area contributed by atoms with Crippen LogP contribution in [0.15, 0.2) is 24.3 Å². The van der Waals surface area contributed by atoms with Gasteiger partial charge in [0.25, 0.3) is 0 Å². The van der Waals surface area contributed by atoms with Crippen LogP contribution in [0.25, 0.3) is 0 Å². The number of carbonyl (C=O) groups excluding carboxylic acids is 1. The number of carbonyl (C=O) groups is 1. The number of benzene rings is 1. The van der Waals surface area contributed by atoms with E-state index in [9.17, 15) is 4.79 Å². The van der Waals surface area contributed by atoms with E-state index in [0.29, 0.717) is 12.2 Å². The highest BCUT2D eigenvalue weighted by atomic mass is 16.2. The standard InChI is InChI=1S/C15H25N3O/c1-15(2,3)11-17(4)10-14(19)18(5)13-8-6-12(16)7-9-13/h6-9H,10-11,16H2,1-5H3. The van der Waals surface area contributed by atoms with Crippen LogP contribution in [0.1, 0.15) is 20.8 Å². The van der Waals surface area contributed by atoms with Crippen molar-refractivity contribution in [2.24, 2.45) is 5.41 Å². The molecular weight excluding hydrogens is 238 g/mol. The molecule has 0 spiro atoms. The smallest absolute Gasteiger partial charge is 0.240 e. The SMILES string of the molecule is CN(CC(=O)N(C)c1ccc(N)cc1)CC(C)(C)C. The van der Waals surface area contributed by atoms with Crippen LogP contribution < -0.4 is 10.6 Å². The van der Waals surface area contributed by atoms with Crippen molar-refractivity contribution >= 4 is 17.3 Å². The van der Waals surface area contributed by atoms with Crippen LogP contribution in [0.3, 0.4) is 0 Å². The van der Waals surface area contributed by atoms with Gasteiger partial charge in [0.1, 0.15) is 0 Å². The highest BCUT2D eigenvalue weighted by Crippen LogP contribution is 2.16. The minimum Gasteiger partial charge on any atom is -0.399 e. The number of nitrogen functional groups attached to an aromatic ring is 1. The number of hydrogen-bond acceptors (Lipinski definition) is 3. The summed E-state index contributed by atoms with van der Waals surface area (Å²) < 4.78 is 0. The molecule has 106 valence electrons. The zero-order chi connectivity index (χ0) is 14.6. The first kappa shape index (κ1) is 15.5. The molecule has 0 radical (unpaired) electrons. The van der Waals surface area contributed by atoms with Crippen molar-refractivity contribution in [3.05, 3.63) is 24.3 Å². The van der Waals surface area contributed by atoms with Crippen molar-refractivity contribution in [2.45, 2.75) is 20.8 Å². The highest BCUT2D eigenvalue weighted by molar-refractivity contribution is 5.94. The first-order chi connectivity index (χ1) is 8.69. The number of likely N-dealkylation sites (N-methyl/N-ethyl adjacent to an activating group) is 2. The Morgan fingerprint density at radius 3 is 2.16 bits per heavy atom. The van der Waals surface area contributed by atoms with Gasteiger partial charge in [-0.25, -0.2) is 0 Å². The molecular formula is C15H25N3O. The number of nitrogens with zero attached hydrogens (tertiary/aromatic N) is 2. The lowest BCUT2D eigenvalue weighted by Gasteiger charge is -2.27. The van der Waals surface area contributed by atoms with Crippen LogP contribution >= 0.6 is 0 Å². The summed E-state index contributed by atoms with van der Waals surface area (Å²) in [6.45, 7) is 7.79. The monoisotopic (exact) mass is 263 g/mol. The summed E-state index contributed by atoms with van der Waals surface area (Å²) in [5.41, 5.74) is 7.40. The van der Waals surface area contributed by atoms with Gasteiger partial charge in [-0.3, -0.25) is 9.69 Å². The Balaban J connectivity index is 2.60. The molecule has 0 aromatic heterocycles. The molecule has 0 fully saturated rings. The molecule has 4 nitrogen and oxygen atoms in total. The van der Waals surface area contributed by atoms with Gasteiger partial charge in [0.05, 0.1) is 6.54 Å². The second-order valence-electron chi connectivity index (χ2n) is 6.28. The molecule has 0 saturated heterocycles. The number of hydrogen-bond donors (Lipinski definition) is 1. The van der Waals surface area contributed by atoms with Gasteiger partial charge in [0, 0.05) is 25.0 Å². The Bertz CT molecular complexity index is 420. The lowest BCUT2D eigenvalue weighted by molar-refractivity contribution is -0.119. The summed E-state index contributed by atoms with van der Waals surface area (Å²) in [5.74, 6) is 0.0801. The van der Waals surface area contributed by atoms with Crippen LogP contribution in [-0.2, 0) is 4.79 Å². The topological polar surface area (TPSA) is 49.6 Å². The summed E-state index contributed by atoms with van der Waals surface area (Å²) in [7, 11) is 3.76. The van der Waals surface area contributed by atoms with Crippen LogP contribution in [0.2, 0.25) is 0 Å². The Hall–Kier alpha value is -1.55. The van der Waals surface area contributed by atoms with Gasteiger partial charge in [-0.1, -0.05) is 20.8 Å². The van der Waals surface area contributed by atoms with Gasteiger partial charge in [-0.15, -0.1) is 0 Å². The largest absolute Gasteiger partial charge is 0.399 e. The number of anilines is 2. The van der Waals surface area contributed by atoms with E-state index >= 15 is 0 Å². The molecule has 1 aromatic rings. The molecule has 19 heavy (non-hydrogen) atoms.